The molecule has 0 amide bonds. The third kappa shape index (κ3) is 3.65. The summed E-state index contributed by atoms with van der Waals surface area (Å²) in [5.74, 6) is 0. The van der Waals surface area contributed by atoms with Crippen LogP contribution in [0.25, 0.3) is 5.69 Å². The van der Waals surface area contributed by atoms with Gasteiger partial charge >= 0.3 is 5.51 Å². The Hall–Kier alpha value is 0.110. The quantitative estimate of drug-likeness (QED) is 0.478. The highest BCUT2D eigenvalue weighted by Gasteiger charge is 2.32. The number of imidazole rings is 1. The lowest BCUT2D eigenvalue weighted by molar-refractivity contribution is -0.0329. The summed E-state index contributed by atoms with van der Waals surface area (Å²) in [6.07, 6.45) is 1.25. The van der Waals surface area contributed by atoms with E-state index < -0.39 is 5.51 Å². The molecule has 2 aromatic rings. The van der Waals surface area contributed by atoms with Gasteiger partial charge in [-0.2, -0.15) is 13.2 Å². The molecule has 0 N–H and O–H groups in total. The second-order valence-electron chi connectivity index (χ2n) is 3.48. The molecule has 0 bridgehead atoms. The third-order valence-corrected chi connectivity index (χ3v) is 4.97. The summed E-state index contributed by atoms with van der Waals surface area (Å²) in [6, 6.07) is 3.08. The monoisotopic (exact) mass is 468 g/mol. The van der Waals surface area contributed by atoms with Crippen molar-refractivity contribution in [2.24, 2.45) is 0 Å². The third-order valence-electron chi connectivity index (χ3n) is 2.11. The number of benzene rings is 1. The van der Waals surface area contributed by atoms with Crippen molar-refractivity contribution < 1.29 is 13.2 Å². The summed E-state index contributed by atoms with van der Waals surface area (Å²) in [6.45, 7) is 0. The zero-order chi connectivity index (χ0) is 15.1. The molecular formula is C10H3Br2Cl2F3N2S. The highest BCUT2D eigenvalue weighted by atomic mass is 79.9. The lowest BCUT2D eigenvalue weighted by Crippen LogP contribution is -2.00. The molecule has 0 saturated heterocycles. The first-order chi connectivity index (χ1) is 9.19. The van der Waals surface area contributed by atoms with Crippen LogP contribution < -0.4 is 0 Å². The molecule has 1 aromatic heterocycles. The van der Waals surface area contributed by atoms with Crippen molar-refractivity contribution in [2.75, 3.05) is 0 Å². The number of nitrogens with zero attached hydrogens (tertiary/aromatic N) is 2. The van der Waals surface area contributed by atoms with E-state index in [9.17, 15) is 13.2 Å². The van der Waals surface area contributed by atoms with Crippen molar-refractivity contribution >= 4 is 66.8 Å². The van der Waals surface area contributed by atoms with E-state index >= 15 is 0 Å². The number of hydrogen-bond acceptors (Lipinski definition) is 2. The van der Waals surface area contributed by atoms with Crippen LogP contribution in [0.15, 0.2) is 32.6 Å². The average molecular weight is 471 g/mol. The van der Waals surface area contributed by atoms with E-state index in [0.29, 0.717) is 15.2 Å². The van der Waals surface area contributed by atoms with Crippen molar-refractivity contribution in [2.45, 2.75) is 10.5 Å². The number of halogens is 7. The van der Waals surface area contributed by atoms with Gasteiger partial charge in [-0.1, -0.05) is 23.2 Å². The van der Waals surface area contributed by atoms with Gasteiger partial charge < -0.3 is 0 Å². The minimum atomic E-state index is -4.41. The maximum Gasteiger partial charge on any atom is 0.447 e. The summed E-state index contributed by atoms with van der Waals surface area (Å²) in [4.78, 5) is 3.73. The Kier molecular flexibility index (Phi) is 5.01. The van der Waals surface area contributed by atoms with Gasteiger partial charge in [0.1, 0.15) is 16.0 Å². The molecule has 108 valence electrons. The lowest BCUT2D eigenvalue weighted by Gasteiger charge is -2.10. The Morgan fingerprint density at radius 1 is 1.20 bits per heavy atom. The zero-order valence-electron chi connectivity index (χ0n) is 9.18. The topological polar surface area (TPSA) is 17.8 Å². The van der Waals surface area contributed by atoms with Gasteiger partial charge in [0.2, 0.25) is 0 Å². The Bertz CT molecular complexity index is 637. The van der Waals surface area contributed by atoms with Crippen LogP contribution in [-0.4, -0.2) is 15.1 Å². The summed E-state index contributed by atoms with van der Waals surface area (Å²) in [5.41, 5.74) is -3.97. The van der Waals surface area contributed by atoms with Crippen LogP contribution in [0.1, 0.15) is 0 Å². The smallest absolute Gasteiger partial charge is 0.290 e. The first kappa shape index (κ1) is 16.5. The molecule has 0 aliphatic rings. The van der Waals surface area contributed by atoms with E-state index in [-0.39, 0.29) is 26.4 Å². The zero-order valence-corrected chi connectivity index (χ0v) is 14.7. The van der Waals surface area contributed by atoms with Crippen LogP contribution in [0.3, 0.4) is 0 Å². The molecule has 20 heavy (non-hydrogen) atoms. The van der Waals surface area contributed by atoms with Gasteiger partial charge in [-0.3, -0.25) is 4.57 Å². The van der Waals surface area contributed by atoms with E-state index in [1.54, 1.807) is 6.07 Å². The Morgan fingerprint density at radius 2 is 1.85 bits per heavy atom. The molecule has 0 aliphatic carbocycles. The van der Waals surface area contributed by atoms with Crippen LogP contribution in [-0.2, 0) is 0 Å². The van der Waals surface area contributed by atoms with Crippen molar-refractivity contribution in [1.82, 2.24) is 9.55 Å². The molecule has 1 heterocycles. The summed E-state index contributed by atoms with van der Waals surface area (Å²) in [7, 11) is 0. The molecular weight excluding hydrogens is 468 g/mol. The number of thioether (sulfide) groups is 1. The van der Waals surface area contributed by atoms with E-state index in [0.717, 1.165) is 0 Å². The Labute approximate surface area is 142 Å². The van der Waals surface area contributed by atoms with Gasteiger partial charge in [-0.05, 0) is 44.0 Å². The van der Waals surface area contributed by atoms with Crippen molar-refractivity contribution in [3.63, 3.8) is 0 Å². The van der Waals surface area contributed by atoms with Gasteiger partial charge in [0.05, 0.1) is 10.7 Å². The SMILES string of the molecule is FC(F)(F)Sc1ncn(-c2c(Cl)cc(Cl)cc2Br)c1Br. The maximum atomic E-state index is 12.4. The standard InChI is InChI=1S/C10H3Br2Cl2F3N2S/c11-5-1-4(13)2-6(14)7(5)19-3-18-9(8(19)12)20-10(15,16)17/h1-3H. The molecule has 1 aromatic carbocycles. The predicted molar refractivity (Wildman–Crippen MR) is 80.9 cm³/mol. The summed E-state index contributed by atoms with van der Waals surface area (Å²) in [5, 5.41) is 0.494. The normalized spacial score (nSPS) is 11.9. The highest BCUT2D eigenvalue weighted by molar-refractivity contribution is 9.11. The van der Waals surface area contributed by atoms with Gasteiger partial charge in [0.25, 0.3) is 0 Å². The number of rotatable bonds is 2. The number of aromatic nitrogens is 2. The molecule has 0 saturated carbocycles. The summed E-state index contributed by atoms with van der Waals surface area (Å²) >= 11 is 18.0. The highest BCUT2D eigenvalue weighted by Crippen LogP contribution is 2.42. The minimum Gasteiger partial charge on any atom is -0.290 e. The molecule has 0 fully saturated rings. The van der Waals surface area contributed by atoms with Crippen LogP contribution in [0.2, 0.25) is 10.0 Å². The fraction of sp³-hybridized carbons (Fsp3) is 0.100. The molecule has 2 rings (SSSR count). The molecule has 0 aliphatic heterocycles. The average Bonchev–Trinajstić information content (AvgIpc) is 2.58. The van der Waals surface area contributed by atoms with Gasteiger partial charge in [0.15, 0.2) is 0 Å². The Balaban J connectivity index is 2.50. The Morgan fingerprint density at radius 3 is 2.40 bits per heavy atom. The largest absolute Gasteiger partial charge is 0.447 e. The van der Waals surface area contributed by atoms with E-state index in [4.69, 9.17) is 23.2 Å². The van der Waals surface area contributed by atoms with Crippen molar-refractivity contribution in [3.05, 3.63) is 37.6 Å². The van der Waals surface area contributed by atoms with Crippen LogP contribution in [0.5, 0.6) is 0 Å². The fourth-order valence-electron chi connectivity index (χ4n) is 1.42. The van der Waals surface area contributed by atoms with Gasteiger partial charge in [-0.25, -0.2) is 4.98 Å². The van der Waals surface area contributed by atoms with E-state index in [1.807, 2.05) is 0 Å². The maximum absolute atomic E-state index is 12.4. The number of alkyl halides is 3. The van der Waals surface area contributed by atoms with E-state index in [1.165, 1.54) is 17.0 Å². The number of hydrogen-bond donors (Lipinski definition) is 0. The predicted octanol–water partition coefficient (Wildman–Crippen LogP) is 6.32. The molecule has 0 atom stereocenters. The first-order valence-electron chi connectivity index (χ1n) is 4.82. The van der Waals surface area contributed by atoms with Crippen LogP contribution in [0.4, 0.5) is 13.2 Å². The second kappa shape index (κ2) is 6.08. The lowest BCUT2D eigenvalue weighted by atomic mass is 10.3. The van der Waals surface area contributed by atoms with Crippen LogP contribution in [0, 0.1) is 0 Å². The van der Waals surface area contributed by atoms with E-state index in [2.05, 4.69) is 36.8 Å². The minimum absolute atomic E-state index is 0.157. The first-order valence-corrected chi connectivity index (χ1v) is 7.98. The molecule has 0 unspecified atom stereocenters. The fourth-order valence-corrected chi connectivity index (χ4v) is 4.01. The van der Waals surface area contributed by atoms with Crippen molar-refractivity contribution in [1.29, 1.82) is 0 Å². The second-order valence-corrected chi connectivity index (χ2v) is 6.98. The molecule has 0 spiro atoms. The van der Waals surface area contributed by atoms with Gasteiger partial charge in [0, 0.05) is 21.3 Å². The van der Waals surface area contributed by atoms with Crippen molar-refractivity contribution in [3.8, 4) is 5.69 Å². The summed E-state index contributed by atoms with van der Waals surface area (Å²) < 4.78 is 39.2. The molecule has 10 heteroatoms. The van der Waals surface area contributed by atoms with Crippen LogP contribution >= 0.6 is 66.8 Å². The molecule has 2 nitrogen and oxygen atoms in total. The van der Waals surface area contributed by atoms with Gasteiger partial charge in [-0.15, -0.1) is 0 Å². The molecule has 0 radical (unpaired) electrons.